The van der Waals surface area contributed by atoms with Crippen molar-refractivity contribution >= 4 is 5.78 Å². The number of Topliss-reactive ketones (excluding diaryl/α,β-unsaturated/α-hetero) is 1. The van der Waals surface area contributed by atoms with Crippen molar-refractivity contribution in [2.75, 3.05) is 0 Å². The van der Waals surface area contributed by atoms with Crippen LogP contribution >= 0.6 is 0 Å². The number of rotatable bonds is 4. The van der Waals surface area contributed by atoms with Gasteiger partial charge in [-0.1, -0.05) is 61.6 Å². The number of benzene rings is 1. The number of aliphatic hydroxyl groups is 1. The van der Waals surface area contributed by atoms with Crippen molar-refractivity contribution < 1.29 is 9.90 Å². The smallest absolute Gasteiger partial charge is 0.175 e. The molecule has 1 N–H and O–H groups in total. The van der Waals surface area contributed by atoms with Crippen LogP contribution in [0.4, 0.5) is 0 Å². The molecule has 0 saturated heterocycles. The lowest BCUT2D eigenvalue weighted by atomic mass is 9.73. The zero-order valence-electron chi connectivity index (χ0n) is 10.5. The summed E-state index contributed by atoms with van der Waals surface area (Å²) in [6, 6.07) is 9.12. The molecule has 18 heavy (non-hydrogen) atoms. The lowest BCUT2D eigenvalue weighted by molar-refractivity contribution is -0.135. The lowest BCUT2D eigenvalue weighted by Crippen LogP contribution is -2.33. The van der Waals surface area contributed by atoms with E-state index < -0.39 is 11.5 Å². The molecule has 0 aromatic heterocycles. The van der Waals surface area contributed by atoms with Crippen LogP contribution in [-0.2, 0) is 4.79 Å². The van der Waals surface area contributed by atoms with E-state index in [1.54, 1.807) is 12.1 Å². The van der Waals surface area contributed by atoms with Gasteiger partial charge in [0.05, 0.1) is 5.41 Å². The van der Waals surface area contributed by atoms with Crippen LogP contribution in [0.15, 0.2) is 54.6 Å². The zero-order valence-corrected chi connectivity index (χ0v) is 10.5. The first-order chi connectivity index (χ1) is 8.69. The molecule has 94 valence electrons. The van der Waals surface area contributed by atoms with Crippen LogP contribution < -0.4 is 0 Å². The minimum Gasteiger partial charge on any atom is -0.381 e. The van der Waals surface area contributed by atoms with E-state index in [0.29, 0.717) is 18.4 Å². The molecule has 2 nitrogen and oxygen atoms in total. The van der Waals surface area contributed by atoms with Crippen molar-refractivity contribution in [1.29, 1.82) is 0 Å². The fourth-order valence-corrected chi connectivity index (χ4v) is 2.34. The van der Waals surface area contributed by atoms with Gasteiger partial charge in [0.15, 0.2) is 5.78 Å². The summed E-state index contributed by atoms with van der Waals surface area (Å²) in [5.74, 6) is -0.114. The minimum absolute atomic E-state index is 0.114. The van der Waals surface area contributed by atoms with Crippen molar-refractivity contribution in [1.82, 2.24) is 0 Å². The van der Waals surface area contributed by atoms with Crippen molar-refractivity contribution in [3.05, 3.63) is 60.2 Å². The Bertz CT molecular complexity index is 473. The van der Waals surface area contributed by atoms with Gasteiger partial charge >= 0.3 is 0 Å². The molecular weight excluding hydrogens is 224 g/mol. The maximum Gasteiger partial charge on any atom is 0.175 e. The summed E-state index contributed by atoms with van der Waals surface area (Å²) in [6.07, 6.45) is 8.07. The first-order valence-corrected chi connectivity index (χ1v) is 6.31. The molecule has 1 aliphatic carbocycles. The summed E-state index contributed by atoms with van der Waals surface area (Å²) in [7, 11) is 0. The Morgan fingerprint density at radius 2 is 2.06 bits per heavy atom. The molecule has 2 atom stereocenters. The number of ketones is 1. The molecule has 0 bridgehead atoms. The topological polar surface area (TPSA) is 37.3 Å². The fraction of sp³-hybridized carbons (Fsp3) is 0.312. The standard InChI is InChI=1S/C16H18O2/c1-2-16(11-7-4-8-12-16)15(18)14(17)13-9-5-3-6-10-13/h3-11,14,17H,2,12H2,1H3. The summed E-state index contributed by atoms with van der Waals surface area (Å²) in [6.45, 7) is 1.99. The summed E-state index contributed by atoms with van der Waals surface area (Å²) < 4.78 is 0. The second-order valence-electron chi connectivity index (χ2n) is 4.68. The number of hydrogen-bond donors (Lipinski definition) is 1. The lowest BCUT2D eigenvalue weighted by Gasteiger charge is -2.30. The van der Waals surface area contributed by atoms with Crippen molar-refractivity contribution in [3.63, 3.8) is 0 Å². The number of carbonyl (C=O) groups is 1. The average Bonchev–Trinajstić information content (AvgIpc) is 2.47. The van der Waals surface area contributed by atoms with Gasteiger partial charge in [-0.3, -0.25) is 4.79 Å². The highest BCUT2D eigenvalue weighted by atomic mass is 16.3. The van der Waals surface area contributed by atoms with Crippen LogP contribution in [0.3, 0.4) is 0 Å². The molecule has 1 aromatic carbocycles. The van der Waals surface area contributed by atoms with Gasteiger partial charge in [0.2, 0.25) is 0 Å². The van der Waals surface area contributed by atoms with Gasteiger partial charge in [-0.05, 0) is 18.4 Å². The predicted molar refractivity (Wildman–Crippen MR) is 72.0 cm³/mol. The molecule has 2 rings (SSSR count). The van der Waals surface area contributed by atoms with Crippen LogP contribution in [0, 0.1) is 5.41 Å². The van der Waals surface area contributed by atoms with Crippen LogP contribution in [0.1, 0.15) is 31.4 Å². The van der Waals surface area contributed by atoms with E-state index >= 15 is 0 Å². The van der Waals surface area contributed by atoms with E-state index in [4.69, 9.17) is 0 Å². The molecule has 0 spiro atoms. The second-order valence-corrected chi connectivity index (χ2v) is 4.68. The molecule has 2 unspecified atom stereocenters. The second kappa shape index (κ2) is 5.32. The molecular formula is C16H18O2. The Kier molecular flexibility index (Phi) is 3.78. The fourth-order valence-electron chi connectivity index (χ4n) is 2.34. The monoisotopic (exact) mass is 242 g/mol. The van der Waals surface area contributed by atoms with Crippen LogP contribution in [0.5, 0.6) is 0 Å². The van der Waals surface area contributed by atoms with Crippen molar-refractivity contribution in [2.45, 2.75) is 25.9 Å². The summed E-state index contributed by atoms with van der Waals surface area (Å²) in [4.78, 5) is 12.5. The minimum atomic E-state index is -1.04. The molecule has 0 radical (unpaired) electrons. The van der Waals surface area contributed by atoms with Gasteiger partial charge in [-0.2, -0.15) is 0 Å². The normalized spacial score (nSPS) is 23.9. The highest BCUT2D eigenvalue weighted by Crippen LogP contribution is 2.37. The Hall–Kier alpha value is -1.67. The van der Waals surface area contributed by atoms with Gasteiger partial charge in [-0.25, -0.2) is 0 Å². The first-order valence-electron chi connectivity index (χ1n) is 6.31. The Morgan fingerprint density at radius 3 is 2.61 bits per heavy atom. The van der Waals surface area contributed by atoms with E-state index in [-0.39, 0.29) is 5.78 Å². The maximum absolute atomic E-state index is 12.5. The molecule has 1 aliphatic rings. The molecule has 2 heteroatoms. The third-order valence-electron chi connectivity index (χ3n) is 3.63. The largest absolute Gasteiger partial charge is 0.381 e. The highest BCUT2D eigenvalue weighted by molar-refractivity contribution is 5.91. The highest BCUT2D eigenvalue weighted by Gasteiger charge is 2.37. The van der Waals surface area contributed by atoms with E-state index in [2.05, 4.69) is 0 Å². The Morgan fingerprint density at radius 1 is 1.33 bits per heavy atom. The van der Waals surface area contributed by atoms with Crippen LogP contribution in [0.25, 0.3) is 0 Å². The first kappa shape index (κ1) is 12.8. The third-order valence-corrected chi connectivity index (χ3v) is 3.63. The quantitative estimate of drug-likeness (QED) is 0.880. The molecule has 0 amide bonds. The number of hydrogen-bond acceptors (Lipinski definition) is 2. The van der Waals surface area contributed by atoms with Gasteiger partial charge in [0, 0.05) is 0 Å². The Balaban J connectivity index is 2.25. The summed E-state index contributed by atoms with van der Waals surface area (Å²) in [5.41, 5.74) is 0.113. The van der Waals surface area contributed by atoms with E-state index in [9.17, 15) is 9.90 Å². The number of aliphatic hydroxyl groups excluding tert-OH is 1. The average molecular weight is 242 g/mol. The van der Waals surface area contributed by atoms with Gasteiger partial charge in [0.25, 0.3) is 0 Å². The SMILES string of the molecule is CCC1(C(=O)C(O)c2ccccc2)C=CC=CC1. The van der Waals surface area contributed by atoms with E-state index in [1.165, 1.54) is 0 Å². The van der Waals surface area contributed by atoms with E-state index in [0.717, 1.165) is 0 Å². The predicted octanol–water partition coefficient (Wildman–Crippen LogP) is 3.20. The van der Waals surface area contributed by atoms with Crippen molar-refractivity contribution in [2.24, 2.45) is 5.41 Å². The molecule has 0 saturated carbocycles. The van der Waals surface area contributed by atoms with Gasteiger partial charge < -0.3 is 5.11 Å². The Labute approximate surface area is 108 Å². The molecule has 0 fully saturated rings. The molecule has 1 aromatic rings. The molecule has 0 heterocycles. The third kappa shape index (κ3) is 2.29. The number of carbonyl (C=O) groups excluding carboxylic acids is 1. The number of allylic oxidation sites excluding steroid dienone is 4. The van der Waals surface area contributed by atoms with Gasteiger partial charge in [0.1, 0.15) is 6.10 Å². The van der Waals surface area contributed by atoms with Crippen LogP contribution in [-0.4, -0.2) is 10.9 Å². The molecule has 0 aliphatic heterocycles. The summed E-state index contributed by atoms with van der Waals surface area (Å²) in [5, 5.41) is 10.2. The maximum atomic E-state index is 12.5. The van der Waals surface area contributed by atoms with Gasteiger partial charge in [-0.15, -0.1) is 0 Å². The summed E-state index contributed by atoms with van der Waals surface area (Å²) >= 11 is 0. The zero-order chi connectivity index (χ0) is 13.0. The van der Waals surface area contributed by atoms with Crippen LogP contribution in [0.2, 0.25) is 0 Å². The van der Waals surface area contributed by atoms with Crippen molar-refractivity contribution in [3.8, 4) is 0 Å². The van der Waals surface area contributed by atoms with E-state index in [1.807, 2.05) is 49.4 Å².